The van der Waals surface area contributed by atoms with Gasteiger partial charge in [0.15, 0.2) is 0 Å². The van der Waals surface area contributed by atoms with Gasteiger partial charge >= 0.3 is 0 Å². The highest BCUT2D eigenvalue weighted by atomic mass is 16.2. The van der Waals surface area contributed by atoms with Crippen molar-refractivity contribution >= 4 is 5.91 Å². The monoisotopic (exact) mass is 261 g/mol. The maximum Gasteiger partial charge on any atom is 0.241 e. The second kappa shape index (κ2) is 6.17. The predicted octanol–water partition coefficient (Wildman–Crippen LogP) is 1.11. The molecule has 1 saturated heterocycles. The number of carbonyl (C=O) groups is 1. The number of piperazine rings is 1. The summed E-state index contributed by atoms with van der Waals surface area (Å²) in [5.41, 5.74) is 1.26. The molecule has 2 unspecified atom stereocenters. The highest BCUT2D eigenvalue weighted by Crippen LogP contribution is 2.24. The van der Waals surface area contributed by atoms with Crippen molar-refractivity contribution < 1.29 is 4.79 Å². The second-order valence-electron chi connectivity index (χ2n) is 5.16. The topological polar surface area (TPSA) is 35.6 Å². The van der Waals surface area contributed by atoms with E-state index in [4.69, 9.17) is 0 Å². The summed E-state index contributed by atoms with van der Waals surface area (Å²) in [5.74, 6) is 0.211. The third-order valence-corrected chi connectivity index (χ3v) is 3.93. The molecule has 0 radical (unpaired) electrons. The Hall–Kier alpha value is -1.39. The van der Waals surface area contributed by atoms with E-state index in [1.54, 1.807) is 0 Å². The number of amides is 1. The molecule has 4 heteroatoms. The normalized spacial score (nSPS) is 22.6. The van der Waals surface area contributed by atoms with Gasteiger partial charge in [-0.3, -0.25) is 9.69 Å². The van der Waals surface area contributed by atoms with Crippen LogP contribution in [-0.4, -0.2) is 55.5 Å². The van der Waals surface area contributed by atoms with Crippen molar-refractivity contribution in [3.05, 3.63) is 35.9 Å². The molecule has 4 nitrogen and oxygen atoms in total. The number of hydrogen-bond acceptors (Lipinski definition) is 3. The average Bonchev–Trinajstić information content (AvgIpc) is 2.44. The summed E-state index contributed by atoms with van der Waals surface area (Å²) >= 11 is 0. The van der Waals surface area contributed by atoms with Crippen LogP contribution in [0.4, 0.5) is 0 Å². The molecule has 0 bridgehead atoms. The summed E-state index contributed by atoms with van der Waals surface area (Å²) in [5, 5.41) is 3.14. The standard InChI is InChI=1S/C15H23N3O/c1-12(13-7-5-4-6-8-13)18-10-9-17(3)15(19)14(18)11-16-2/h4-8,12,14,16H,9-11H2,1-3H3. The molecule has 1 aliphatic rings. The van der Waals surface area contributed by atoms with Gasteiger partial charge in [0.1, 0.15) is 6.04 Å². The van der Waals surface area contributed by atoms with Gasteiger partial charge in [0.25, 0.3) is 0 Å². The first-order chi connectivity index (χ1) is 9.15. The number of benzene rings is 1. The highest BCUT2D eigenvalue weighted by Gasteiger charge is 2.35. The molecule has 1 aromatic rings. The lowest BCUT2D eigenvalue weighted by molar-refractivity contribution is -0.141. The second-order valence-corrected chi connectivity index (χ2v) is 5.16. The summed E-state index contributed by atoms with van der Waals surface area (Å²) in [6, 6.07) is 10.6. The highest BCUT2D eigenvalue weighted by molar-refractivity contribution is 5.82. The van der Waals surface area contributed by atoms with E-state index in [-0.39, 0.29) is 18.0 Å². The molecule has 1 N–H and O–H groups in total. The molecule has 0 aromatic heterocycles. The van der Waals surface area contributed by atoms with Crippen LogP contribution >= 0.6 is 0 Å². The van der Waals surface area contributed by atoms with Crippen molar-refractivity contribution in [3.8, 4) is 0 Å². The molecular formula is C15H23N3O. The Morgan fingerprint density at radius 1 is 1.32 bits per heavy atom. The summed E-state index contributed by atoms with van der Waals surface area (Å²) in [6.45, 7) is 4.60. The predicted molar refractivity (Wildman–Crippen MR) is 76.9 cm³/mol. The number of hydrogen-bond donors (Lipinski definition) is 1. The van der Waals surface area contributed by atoms with Crippen molar-refractivity contribution in [1.82, 2.24) is 15.1 Å². The number of nitrogens with zero attached hydrogens (tertiary/aromatic N) is 2. The lowest BCUT2D eigenvalue weighted by atomic mass is 10.0. The summed E-state index contributed by atoms with van der Waals surface area (Å²) in [4.78, 5) is 16.4. The van der Waals surface area contributed by atoms with Crippen molar-refractivity contribution in [2.45, 2.75) is 19.0 Å². The first-order valence-electron chi connectivity index (χ1n) is 6.85. The fourth-order valence-electron chi connectivity index (χ4n) is 2.71. The largest absolute Gasteiger partial charge is 0.343 e. The molecule has 1 fully saturated rings. The molecule has 19 heavy (non-hydrogen) atoms. The zero-order valence-corrected chi connectivity index (χ0v) is 12.0. The zero-order chi connectivity index (χ0) is 13.8. The Bertz CT molecular complexity index is 421. The molecule has 0 aliphatic carbocycles. The van der Waals surface area contributed by atoms with Gasteiger partial charge in [-0.1, -0.05) is 30.3 Å². The van der Waals surface area contributed by atoms with Crippen LogP contribution in [0.15, 0.2) is 30.3 Å². The van der Waals surface area contributed by atoms with E-state index >= 15 is 0 Å². The molecular weight excluding hydrogens is 238 g/mol. The number of nitrogens with one attached hydrogen (secondary N) is 1. The molecule has 0 spiro atoms. The van der Waals surface area contributed by atoms with Crippen molar-refractivity contribution in [2.75, 3.05) is 33.7 Å². The molecule has 104 valence electrons. The van der Waals surface area contributed by atoms with E-state index in [1.807, 2.05) is 25.1 Å². The lowest BCUT2D eigenvalue weighted by Crippen LogP contribution is -2.59. The number of likely N-dealkylation sites (N-methyl/N-ethyl adjacent to an activating group) is 2. The van der Waals surface area contributed by atoms with Crippen molar-refractivity contribution in [1.29, 1.82) is 0 Å². The summed E-state index contributed by atoms with van der Waals surface area (Å²) in [7, 11) is 3.78. The fraction of sp³-hybridized carbons (Fsp3) is 0.533. The van der Waals surface area contributed by atoms with E-state index in [9.17, 15) is 4.79 Å². The first-order valence-corrected chi connectivity index (χ1v) is 6.85. The van der Waals surface area contributed by atoms with Crippen LogP contribution in [0.5, 0.6) is 0 Å². The first kappa shape index (κ1) is 14.0. The molecule has 1 amide bonds. The quantitative estimate of drug-likeness (QED) is 0.882. The minimum absolute atomic E-state index is 0.0704. The van der Waals surface area contributed by atoms with Crippen molar-refractivity contribution in [2.24, 2.45) is 0 Å². The Kier molecular flexibility index (Phi) is 4.56. The SMILES string of the molecule is CNCC1C(=O)N(C)CCN1C(C)c1ccccc1. The Balaban J connectivity index is 2.19. The van der Waals surface area contributed by atoms with Gasteiger partial charge in [0, 0.05) is 32.7 Å². The Morgan fingerprint density at radius 3 is 2.63 bits per heavy atom. The van der Waals surface area contributed by atoms with E-state index < -0.39 is 0 Å². The number of carbonyl (C=O) groups excluding carboxylic acids is 1. The van der Waals surface area contributed by atoms with Crippen LogP contribution in [0.3, 0.4) is 0 Å². The smallest absolute Gasteiger partial charge is 0.241 e. The van der Waals surface area contributed by atoms with Crippen LogP contribution in [0, 0.1) is 0 Å². The molecule has 2 rings (SSSR count). The van der Waals surface area contributed by atoms with Gasteiger partial charge in [0.2, 0.25) is 5.91 Å². The van der Waals surface area contributed by atoms with Gasteiger partial charge < -0.3 is 10.2 Å². The van der Waals surface area contributed by atoms with Crippen LogP contribution in [0.1, 0.15) is 18.5 Å². The molecule has 1 aromatic carbocycles. The summed E-state index contributed by atoms with van der Waals surface area (Å²) in [6.07, 6.45) is 0. The molecule has 1 aliphatic heterocycles. The summed E-state index contributed by atoms with van der Waals surface area (Å²) < 4.78 is 0. The minimum atomic E-state index is -0.0704. The van der Waals surface area contributed by atoms with Gasteiger partial charge in [-0.2, -0.15) is 0 Å². The third-order valence-electron chi connectivity index (χ3n) is 3.93. The van der Waals surface area contributed by atoms with Crippen LogP contribution in [0.25, 0.3) is 0 Å². The fourth-order valence-corrected chi connectivity index (χ4v) is 2.71. The third kappa shape index (κ3) is 2.96. The van der Waals surface area contributed by atoms with E-state index in [0.29, 0.717) is 6.54 Å². The van der Waals surface area contributed by atoms with Gasteiger partial charge in [-0.05, 0) is 19.5 Å². The average molecular weight is 261 g/mol. The number of rotatable bonds is 4. The van der Waals surface area contributed by atoms with Crippen molar-refractivity contribution in [3.63, 3.8) is 0 Å². The van der Waals surface area contributed by atoms with E-state index in [1.165, 1.54) is 5.56 Å². The van der Waals surface area contributed by atoms with E-state index in [0.717, 1.165) is 13.1 Å². The van der Waals surface area contributed by atoms with Crippen LogP contribution in [0.2, 0.25) is 0 Å². The van der Waals surface area contributed by atoms with Gasteiger partial charge in [-0.25, -0.2) is 0 Å². The van der Waals surface area contributed by atoms with Gasteiger partial charge in [-0.15, -0.1) is 0 Å². The Morgan fingerprint density at radius 2 is 2.00 bits per heavy atom. The zero-order valence-electron chi connectivity index (χ0n) is 12.0. The minimum Gasteiger partial charge on any atom is -0.343 e. The van der Waals surface area contributed by atoms with Crippen LogP contribution < -0.4 is 5.32 Å². The molecule has 0 saturated carbocycles. The molecule has 2 atom stereocenters. The van der Waals surface area contributed by atoms with E-state index in [2.05, 4.69) is 41.4 Å². The maximum atomic E-state index is 12.3. The Labute approximate surface area is 115 Å². The van der Waals surface area contributed by atoms with Crippen LogP contribution in [-0.2, 0) is 4.79 Å². The molecule has 1 heterocycles. The lowest BCUT2D eigenvalue weighted by Gasteiger charge is -2.42. The van der Waals surface area contributed by atoms with Gasteiger partial charge in [0.05, 0.1) is 0 Å². The maximum absolute atomic E-state index is 12.3.